The number of carbonyl (C=O) groups excluding carboxylic acids is 1. The Morgan fingerprint density at radius 1 is 0.958 bits per heavy atom. The summed E-state index contributed by atoms with van der Waals surface area (Å²) in [6.07, 6.45) is -0.396. The number of hydrogen-bond acceptors (Lipinski definition) is 7. The van der Waals surface area contributed by atoms with E-state index in [-0.39, 0.29) is 6.29 Å². The molecule has 0 spiro atoms. The van der Waals surface area contributed by atoms with E-state index in [0.717, 1.165) is 0 Å². The Hall–Kier alpha value is -2.52. The standard InChI is InChI=1S/C10H9N.C6H10O7/c1-2-4-10-6-8-11-7-5-9(10)3-1;7-1-2(8)3(9)4(10)5(11)6(12)13/h1-8,11H;1-5,8-11H,(H,12,13)/t;2-,3+,4-,5-/m.0/s1. The highest BCUT2D eigenvalue weighted by molar-refractivity contribution is 5.73. The first-order valence-electron chi connectivity index (χ1n) is 6.97. The van der Waals surface area contributed by atoms with E-state index in [0.29, 0.717) is 0 Å². The van der Waals surface area contributed by atoms with Crippen molar-refractivity contribution in [2.45, 2.75) is 24.4 Å². The molecule has 0 saturated carbocycles. The van der Waals surface area contributed by atoms with Gasteiger partial charge in [-0.1, -0.05) is 24.3 Å². The minimum absolute atomic E-state index is 0.0809. The van der Waals surface area contributed by atoms with Gasteiger partial charge in [0.1, 0.15) is 18.3 Å². The Kier molecular flexibility index (Phi) is 7.80. The summed E-state index contributed by atoms with van der Waals surface area (Å²) in [5.74, 6) is -1.76. The molecule has 1 aromatic rings. The van der Waals surface area contributed by atoms with Crippen LogP contribution in [-0.4, -0.2) is 62.2 Å². The molecular formula is C16H19NO7. The van der Waals surface area contributed by atoms with Crippen LogP contribution in [0.2, 0.25) is 0 Å². The molecule has 130 valence electrons. The minimum atomic E-state index is -2.25. The van der Waals surface area contributed by atoms with E-state index in [1.807, 2.05) is 24.5 Å². The molecule has 0 saturated heterocycles. The van der Waals surface area contributed by atoms with Crippen LogP contribution < -0.4 is 5.32 Å². The van der Waals surface area contributed by atoms with Crippen LogP contribution >= 0.6 is 0 Å². The molecule has 8 heteroatoms. The Balaban J connectivity index is 0.000000242. The largest absolute Gasteiger partial charge is 0.479 e. The SMILES string of the molecule is C1=Cc2ccccc2C=CN1.O=C[C@H](O)[C@@H](O)[C@H](O)[C@H](O)C(=O)O. The van der Waals surface area contributed by atoms with Gasteiger partial charge in [0.2, 0.25) is 0 Å². The first-order chi connectivity index (χ1) is 11.4. The van der Waals surface area contributed by atoms with Gasteiger partial charge in [-0.2, -0.15) is 0 Å². The molecule has 8 nitrogen and oxygen atoms in total. The van der Waals surface area contributed by atoms with Crippen LogP contribution in [0.3, 0.4) is 0 Å². The molecule has 1 heterocycles. The summed E-state index contributed by atoms with van der Waals surface area (Å²) in [7, 11) is 0. The van der Waals surface area contributed by atoms with Crippen molar-refractivity contribution in [3.05, 3.63) is 47.8 Å². The fourth-order valence-electron chi connectivity index (χ4n) is 1.76. The zero-order valence-corrected chi connectivity index (χ0v) is 12.6. The second kappa shape index (κ2) is 9.58. The van der Waals surface area contributed by atoms with Gasteiger partial charge >= 0.3 is 5.97 Å². The van der Waals surface area contributed by atoms with Gasteiger partial charge in [0.05, 0.1) is 0 Å². The normalized spacial score (nSPS) is 17.0. The average molecular weight is 337 g/mol. The van der Waals surface area contributed by atoms with Crippen molar-refractivity contribution in [2.75, 3.05) is 0 Å². The number of nitrogens with one attached hydrogen (secondary N) is 1. The molecule has 1 aliphatic rings. The number of fused-ring (bicyclic) bond motifs is 1. The zero-order chi connectivity index (χ0) is 18.1. The molecule has 1 aliphatic heterocycles. The van der Waals surface area contributed by atoms with Crippen molar-refractivity contribution in [3.63, 3.8) is 0 Å². The number of carboxylic acids is 1. The Bertz CT molecular complexity index is 583. The summed E-state index contributed by atoms with van der Waals surface area (Å²) in [5, 5.41) is 46.2. The lowest BCUT2D eigenvalue weighted by Crippen LogP contribution is -2.48. The summed E-state index contributed by atoms with van der Waals surface area (Å²) in [6.45, 7) is 0. The number of aldehydes is 1. The molecule has 0 bridgehead atoms. The molecule has 0 aliphatic carbocycles. The lowest BCUT2D eigenvalue weighted by atomic mass is 10.0. The van der Waals surface area contributed by atoms with Gasteiger partial charge < -0.3 is 35.6 Å². The van der Waals surface area contributed by atoms with Crippen molar-refractivity contribution >= 4 is 24.4 Å². The summed E-state index contributed by atoms with van der Waals surface area (Å²) in [6, 6.07) is 8.29. The molecule has 0 fully saturated rings. The summed E-state index contributed by atoms with van der Waals surface area (Å²) in [5.41, 5.74) is 2.52. The van der Waals surface area contributed by atoms with E-state index in [1.165, 1.54) is 11.1 Å². The third-order valence-electron chi connectivity index (χ3n) is 3.13. The highest BCUT2D eigenvalue weighted by Crippen LogP contribution is 2.13. The van der Waals surface area contributed by atoms with Gasteiger partial charge in [-0.3, -0.25) is 0 Å². The molecule has 2 rings (SSSR count). The fourth-order valence-corrected chi connectivity index (χ4v) is 1.76. The predicted octanol–water partition coefficient (Wildman–Crippen LogP) is -1.06. The third-order valence-corrected chi connectivity index (χ3v) is 3.13. The molecule has 0 aromatic heterocycles. The van der Waals surface area contributed by atoms with Gasteiger partial charge in [-0.15, -0.1) is 0 Å². The Morgan fingerprint density at radius 2 is 1.46 bits per heavy atom. The molecule has 0 radical (unpaired) electrons. The van der Waals surface area contributed by atoms with E-state index >= 15 is 0 Å². The summed E-state index contributed by atoms with van der Waals surface area (Å²) >= 11 is 0. The van der Waals surface area contributed by atoms with Crippen LogP contribution in [0, 0.1) is 0 Å². The third kappa shape index (κ3) is 5.60. The number of aliphatic hydroxyl groups excluding tert-OH is 4. The first-order valence-corrected chi connectivity index (χ1v) is 6.97. The molecule has 6 N–H and O–H groups in total. The topological polar surface area (TPSA) is 147 Å². The predicted molar refractivity (Wildman–Crippen MR) is 85.4 cm³/mol. The molecule has 24 heavy (non-hydrogen) atoms. The van der Waals surface area contributed by atoms with Crippen LogP contribution in [0.4, 0.5) is 0 Å². The van der Waals surface area contributed by atoms with Crippen molar-refractivity contribution < 1.29 is 35.1 Å². The molecule has 4 atom stereocenters. The molecule has 1 aromatic carbocycles. The smallest absolute Gasteiger partial charge is 0.335 e. The van der Waals surface area contributed by atoms with Crippen molar-refractivity contribution in [3.8, 4) is 0 Å². The van der Waals surface area contributed by atoms with Crippen molar-refractivity contribution in [2.24, 2.45) is 0 Å². The highest BCUT2D eigenvalue weighted by atomic mass is 16.4. The molecule has 0 unspecified atom stereocenters. The number of aliphatic hydroxyl groups is 4. The van der Waals surface area contributed by atoms with Crippen molar-refractivity contribution in [1.82, 2.24) is 5.32 Å². The quantitative estimate of drug-likeness (QED) is 0.373. The molecule has 0 amide bonds. The van der Waals surface area contributed by atoms with Gasteiger partial charge in [-0.05, 0) is 23.3 Å². The highest BCUT2D eigenvalue weighted by Gasteiger charge is 2.33. The molecular weight excluding hydrogens is 318 g/mol. The second-order valence-electron chi connectivity index (χ2n) is 4.85. The van der Waals surface area contributed by atoms with Crippen molar-refractivity contribution in [1.29, 1.82) is 0 Å². The van der Waals surface area contributed by atoms with E-state index in [1.54, 1.807) is 0 Å². The lowest BCUT2D eigenvalue weighted by Gasteiger charge is -2.21. The maximum absolute atomic E-state index is 10.1. The maximum Gasteiger partial charge on any atom is 0.335 e. The van der Waals surface area contributed by atoms with Crippen LogP contribution in [-0.2, 0) is 9.59 Å². The van der Waals surface area contributed by atoms with E-state index in [9.17, 15) is 9.59 Å². The number of rotatable bonds is 5. The van der Waals surface area contributed by atoms with E-state index in [4.69, 9.17) is 25.5 Å². The van der Waals surface area contributed by atoms with Gasteiger partial charge in [0, 0.05) is 12.4 Å². The van der Waals surface area contributed by atoms with Gasteiger partial charge in [0.25, 0.3) is 0 Å². The average Bonchev–Trinajstić information content (AvgIpc) is 2.84. The number of carbonyl (C=O) groups is 2. The van der Waals surface area contributed by atoms with Crippen LogP contribution in [0.1, 0.15) is 11.1 Å². The Labute approximate surface area is 138 Å². The minimum Gasteiger partial charge on any atom is -0.479 e. The lowest BCUT2D eigenvalue weighted by molar-refractivity contribution is -0.163. The number of benzene rings is 1. The second-order valence-corrected chi connectivity index (χ2v) is 4.85. The number of aliphatic carboxylic acids is 1. The monoisotopic (exact) mass is 337 g/mol. The van der Waals surface area contributed by atoms with E-state index < -0.39 is 30.4 Å². The number of carboxylic acid groups (broad SMARTS) is 1. The summed E-state index contributed by atoms with van der Waals surface area (Å²) < 4.78 is 0. The number of hydrogen-bond donors (Lipinski definition) is 6. The van der Waals surface area contributed by atoms with Gasteiger partial charge in [0.15, 0.2) is 12.4 Å². The zero-order valence-electron chi connectivity index (χ0n) is 12.6. The first kappa shape index (κ1) is 19.5. The van der Waals surface area contributed by atoms with E-state index in [2.05, 4.69) is 29.6 Å². The fraction of sp³-hybridized carbons (Fsp3) is 0.250. The van der Waals surface area contributed by atoms with Crippen LogP contribution in [0.5, 0.6) is 0 Å². The van der Waals surface area contributed by atoms with Gasteiger partial charge in [-0.25, -0.2) is 4.79 Å². The Morgan fingerprint density at radius 3 is 1.88 bits per heavy atom. The van der Waals surface area contributed by atoms with Crippen LogP contribution in [0.15, 0.2) is 36.7 Å². The summed E-state index contributed by atoms with van der Waals surface area (Å²) in [4.78, 5) is 20.0. The van der Waals surface area contributed by atoms with Crippen LogP contribution in [0.25, 0.3) is 12.2 Å². The maximum atomic E-state index is 10.1.